The van der Waals surface area contributed by atoms with E-state index in [0.717, 1.165) is 36.3 Å². The number of carbonyl (C=O) groups excluding carboxylic acids is 3. The Morgan fingerprint density at radius 1 is 1.29 bits per heavy atom. The number of imide groups is 1. The summed E-state index contributed by atoms with van der Waals surface area (Å²) in [7, 11) is 0. The maximum Gasteiger partial charge on any atom is 0.294 e. The number of hydrogen-bond donors (Lipinski definition) is 1. The standard InChI is InChI=1S/C17H16BrN3O6S/c18-12-8-11(21(26)27)6-10(15(12)23)7-13-16(24)20(17(25)28-13)9-14(22)19-4-2-1-3-5-19/h6-8,23H,1-5,9H2/b13-7-. The van der Waals surface area contributed by atoms with Crippen molar-refractivity contribution in [2.24, 2.45) is 0 Å². The molecule has 0 aromatic heterocycles. The van der Waals surface area contributed by atoms with Gasteiger partial charge in [0.2, 0.25) is 5.91 Å². The van der Waals surface area contributed by atoms with Gasteiger partial charge in [-0.25, -0.2) is 0 Å². The van der Waals surface area contributed by atoms with E-state index < -0.39 is 16.1 Å². The monoisotopic (exact) mass is 469 g/mol. The number of likely N-dealkylation sites (tertiary alicyclic amines) is 1. The maximum absolute atomic E-state index is 12.6. The van der Waals surface area contributed by atoms with Crippen LogP contribution in [0.25, 0.3) is 6.08 Å². The molecule has 2 saturated heterocycles. The van der Waals surface area contributed by atoms with Crippen LogP contribution in [0.15, 0.2) is 21.5 Å². The van der Waals surface area contributed by atoms with Gasteiger partial charge in [0.15, 0.2) is 0 Å². The van der Waals surface area contributed by atoms with Gasteiger partial charge in [0.1, 0.15) is 12.3 Å². The number of benzene rings is 1. The number of aromatic hydroxyl groups is 1. The third-order valence-electron chi connectivity index (χ3n) is 4.45. The number of rotatable bonds is 4. The zero-order chi connectivity index (χ0) is 20.4. The average Bonchev–Trinajstić information content (AvgIpc) is 2.93. The molecule has 1 N–H and O–H groups in total. The normalized spacial score (nSPS) is 18.8. The quantitative estimate of drug-likeness (QED) is 0.408. The number of nitro benzene ring substituents is 1. The van der Waals surface area contributed by atoms with Gasteiger partial charge in [0.05, 0.1) is 14.3 Å². The number of amides is 3. The molecule has 0 unspecified atom stereocenters. The van der Waals surface area contributed by atoms with Crippen molar-refractivity contribution >= 4 is 56.5 Å². The van der Waals surface area contributed by atoms with E-state index in [1.54, 1.807) is 4.90 Å². The minimum atomic E-state index is -0.664. The fraction of sp³-hybridized carbons (Fsp3) is 0.353. The highest BCUT2D eigenvalue weighted by Crippen LogP contribution is 2.38. The summed E-state index contributed by atoms with van der Waals surface area (Å²) in [6, 6.07) is 2.24. The van der Waals surface area contributed by atoms with Gasteiger partial charge in [0.25, 0.3) is 16.8 Å². The fourth-order valence-corrected chi connectivity index (χ4v) is 4.27. The summed E-state index contributed by atoms with van der Waals surface area (Å²) < 4.78 is 0.0902. The molecule has 9 nitrogen and oxygen atoms in total. The van der Waals surface area contributed by atoms with E-state index in [1.165, 1.54) is 6.08 Å². The van der Waals surface area contributed by atoms with E-state index in [0.29, 0.717) is 24.9 Å². The largest absolute Gasteiger partial charge is 0.506 e. The van der Waals surface area contributed by atoms with Gasteiger partial charge in [0, 0.05) is 30.8 Å². The number of phenols is 1. The van der Waals surface area contributed by atoms with Crippen LogP contribution in [0.3, 0.4) is 0 Å². The number of carbonyl (C=O) groups is 3. The summed E-state index contributed by atoms with van der Waals surface area (Å²) in [5.74, 6) is -1.24. The summed E-state index contributed by atoms with van der Waals surface area (Å²) in [5, 5.41) is 20.5. The van der Waals surface area contributed by atoms with Crippen LogP contribution in [0.5, 0.6) is 5.75 Å². The second kappa shape index (κ2) is 8.31. The highest BCUT2D eigenvalue weighted by atomic mass is 79.9. The zero-order valence-electron chi connectivity index (χ0n) is 14.6. The Hall–Kier alpha value is -2.40. The molecule has 148 valence electrons. The van der Waals surface area contributed by atoms with Gasteiger partial charge in [-0.2, -0.15) is 0 Å². The van der Waals surface area contributed by atoms with Crippen molar-refractivity contribution in [2.45, 2.75) is 19.3 Å². The van der Waals surface area contributed by atoms with E-state index in [1.807, 2.05) is 0 Å². The topological polar surface area (TPSA) is 121 Å². The lowest BCUT2D eigenvalue weighted by molar-refractivity contribution is -0.385. The molecule has 0 atom stereocenters. The third-order valence-corrected chi connectivity index (χ3v) is 5.96. The van der Waals surface area contributed by atoms with Gasteiger partial charge in [-0.15, -0.1) is 0 Å². The first-order valence-electron chi connectivity index (χ1n) is 8.48. The molecule has 0 bridgehead atoms. The summed E-state index contributed by atoms with van der Waals surface area (Å²) >= 11 is 3.65. The summed E-state index contributed by atoms with van der Waals surface area (Å²) in [6.07, 6.45) is 4.06. The van der Waals surface area contributed by atoms with Crippen molar-refractivity contribution in [3.05, 3.63) is 37.2 Å². The molecule has 2 heterocycles. The van der Waals surface area contributed by atoms with Crippen LogP contribution >= 0.6 is 27.7 Å². The first kappa shape index (κ1) is 20.3. The summed E-state index contributed by atoms with van der Waals surface area (Å²) in [4.78, 5) is 50.0. The first-order chi connectivity index (χ1) is 13.3. The Morgan fingerprint density at radius 3 is 2.61 bits per heavy atom. The molecule has 0 aliphatic carbocycles. The van der Waals surface area contributed by atoms with Crippen LogP contribution in [0, 0.1) is 10.1 Å². The molecule has 2 aliphatic rings. The molecular weight excluding hydrogens is 454 g/mol. The van der Waals surface area contributed by atoms with Crippen molar-refractivity contribution in [1.29, 1.82) is 0 Å². The number of nitro groups is 1. The molecular formula is C17H16BrN3O6S. The predicted molar refractivity (Wildman–Crippen MR) is 106 cm³/mol. The average molecular weight is 470 g/mol. The molecule has 2 aliphatic heterocycles. The number of hydrogen-bond acceptors (Lipinski definition) is 7. The Kier molecular flexibility index (Phi) is 6.04. The van der Waals surface area contributed by atoms with E-state index in [4.69, 9.17) is 0 Å². The lowest BCUT2D eigenvalue weighted by Gasteiger charge is -2.27. The molecule has 0 radical (unpaired) electrons. The predicted octanol–water partition coefficient (Wildman–Crippen LogP) is 3.11. The SMILES string of the molecule is O=C(CN1C(=O)S/C(=C\c2cc([N+](=O)[O-])cc(Br)c2O)C1=O)N1CCCCC1. The number of thioether (sulfide) groups is 1. The molecule has 11 heteroatoms. The van der Waals surface area contributed by atoms with Gasteiger partial charge in [-0.05, 0) is 53.0 Å². The molecule has 0 spiro atoms. The van der Waals surface area contributed by atoms with Crippen LogP contribution in [-0.4, -0.2) is 56.5 Å². The molecule has 1 aromatic carbocycles. The Labute approximate surface area is 172 Å². The lowest BCUT2D eigenvalue weighted by atomic mass is 10.1. The van der Waals surface area contributed by atoms with Crippen LogP contribution in [0.4, 0.5) is 10.5 Å². The van der Waals surface area contributed by atoms with Crippen LogP contribution in [0.1, 0.15) is 24.8 Å². The highest BCUT2D eigenvalue weighted by Gasteiger charge is 2.37. The third kappa shape index (κ3) is 4.20. The van der Waals surface area contributed by atoms with Crippen molar-refractivity contribution in [1.82, 2.24) is 9.80 Å². The number of phenolic OH excluding ortho intramolecular Hbond substituents is 1. The molecule has 2 fully saturated rings. The second-order valence-electron chi connectivity index (χ2n) is 6.33. The number of nitrogens with zero attached hydrogens (tertiary/aromatic N) is 3. The van der Waals surface area contributed by atoms with Gasteiger partial charge < -0.3 is 10.0 Å². The molecule has 3 rings (SSSR count). The Morgan fingerprint density at radius 2 is 1.96 bits per heavy atom. The Bertz CT molecular complexity index is 897. The summed E-state index contributed by atoms with van der Waals surface area (Å²) in [5.41, 5.74) is -0.260. The minimum absolute atomic E-state index is 0.0147. The van der Waals surface area contributed by atoms with Crippen molar-refractivity contribution in [2.75, 3.05) is 19.6 Å². The smallest absolute Gasteiger partial charge is 0.294 e. The van der Waals surface area contributed by atoms with Gasteiger partial charge >= 0.3 is 0 Å². The van der Waals surface area contributed by atoms with E-state index in [9.17, 15) is 29.6 Å². The lowest BCUT2D eigenvalue weighted by Crippen LogP contribution is -2.44. The zero-order valence-corrected chi connectivity index (χ0v) is 17.0. The summed E-state index contributed by atoms with van der Waals surface area (Å²) in [6.45, 7) is 0.883. The molecule has 28 heavy (non-hydrogen) atoms. The van der Waals surface area contributed by atoms with Crippen LogP contribution in [-0.2, 0) is 9.59 Å². The van der Waals surface area contributed by atoms with E-state index in [2.05, 4.69) is 15.9 Å². The number of halogens is 1. The molecule has 1 aromatic rings. The minimum Gasteiger partial charge on any atom is -0.506 e. The fourth-order valence-electron chi connectivity index (χ4n) is 2.98. The van der Waals surface area contributed by atoms with E-state index >= 15 is 0 Å². The molecule has 3 amide bonds. The van der Waals surface area contributed by atoms with E-state index in [-0.39, 0.29) is 38.8 Å². The first-order valence-corrected chi connectivity index (χ1v) is 10.1. The van der Waals surface area contributed by atoms with Crippen molar-refractivity contribution in [3.63, 3.8) is 0 Å². The van der Waals surface area contributed by atoms with Crippen LogP contribution in [0.2, 0.25) is 0 Å². The van der Waals surface area contributed by atoms with Gasteiger partial charge in [-0.1, -0.05) is 0 Å². The maximum atomic E-state index is 12.6. The number of non-ortho nitro benzene ring substituents is 1. The highest BCUT2D eigenvalue weighted by molar-refractivity contribution is 9.10. The van der Waals surface area contributed by atoms with Crippen LogP contribution < -0.4 is 0 Å². The van der Waals surface area contributed by atoms with Crippen molar-refractivity contribution in [3.8, 4) is 5.75 Å². The number of piperidine rings is 1. The molecule has 0 saturated carbocycles. The second-order valence-corrected chi connectivity index (χ2v) is 8.18. The van der Waals surface area contributed by atoms with Crippen molar-refractivity contribution < 1.29 is 24.4 Å². The van der Waals surface area contributed by atoms with Gasteiger partial charge in [-0.3, -0.25) is 29.4 Å². The Balaban J connectivity index is 1.81.